The predicted octanol–water partition coefficient (Wildman–Crippen LogP) is 2.92. The molecular formula is C24H32N4O4. The number of carbonyl (C=O) groups is 1. The molecule has 8 nitrogen and oxygen atoms in total. The lowest BCUT2D eigenvalue weighted by atomic mass is 10.0. The van der Waals surface area contributed by atoms with E-state index in [-0.39, 0.29) is 18.4 Å². The van der Waals surface area contributed by atoms with E-state index in [1.807, 2.05) is 25.1 Å². The van der Waals surface area contributed by atoms with E-state index >= 15 is 0 Å². The Balaban J connectivity index is 1.90. The number of hydrogen-bond donors (Lipinski definition) is 3. The molecule has 0 amide bonds. The van der Waals surface area contributed by atoms with Crippen LogP contribution in [-0.4, -0.2) is 56.2 Å². The molecule has 1 aliphatic rings. The third-order valence-corrected chi connectivity index (χ3v) is 5.17. The van der Waals surface area contributed by atoms with Crippen molar-refractivity contribution in [2.75, 3.05) is 44.8 Å². The molecule has 1 saturated heterocycles. The number of anilines is 1. The highest BCUT2D eigenvalue weighted by atomic mass is 16.5. The molecule has 2 aromatic carbocycles. The summed E-state index contributed by atoms with van der Waals surface area (Å²) in [7, 11) is 0. The molecule has 2 aromatic rings. The quantitative estimate of drug-likeness (QED) is 0.296. The van der Waals surface area contributed by atoms with Crippen LogP contribution >= 0.6 is 0 Å². The van der Waals surface area contributed by atoms with Gasteiger partial charge in [-0.15, -0.1) is 0 Å². The van der Waals surface area contributed by atoms with Gasteiger partial charge in [0.05, 0.1) is 26.4 Å². The molecule has 0 spiro atoms. The number of esters is 1. The summed E-state index contributed by atoms with van der Waals surface area (Å²) in [6.07, 6.45) is 0. The maximum absolute atomic E-state index is 12.9. The second-order valence-corrected chi connectivity index (χ2v) is 7.55. The molecule has 0 aromatic heterocycles. The van der Waals surface area contributed by atoms with Crippen LogP contribution in [0.2, 0.25) is 0 Å². The lowest BCUT2D eigenvalue weighted by Gasteiger charge is -2.27. The number of morpholine rings is 1. The van der Waals surface area contributed by atoms with Gasteiger partial charge >= 0.3 is 5.97 Å². The number of amidine groups is 1. The van der Waals surface area contributed by atoms with E-state index in [1.54, 1.807) is 31.2 Å². The highest BCUT2D eigenvalue weighted by molar-refractivity contribution is 5.95. The molecule has 1 atom stereocenters. The van der Waals surface area contributed by atoms with E-state index in [0.717, 1.165) is 55.4 Å². The van der Waals surface area contributed by atoms with E-state index < -0.39 is 6.04 Å². The second kappa shape index (κ2) is 11.5. The lowest BCUT2D eigenvalue weighted by Crippen LogP contribution is -2.35. The molecule has 1 fully saturated rings. The molecule has 1 aliphatic heterocycles. The number of nitrogens with one attached hydrogen (secondary N) is 2. The number of benzene rings is 2. The van der Waals surface area contributed by atoms with Crippen molar-refractivity contribution < 1.29 is 19.0 Å². The van der Waals surface area contributed by atoms with Crippen molar-refractivity contribution in [3.63, 3.8) is 0 Å². The molecule has 0 bridgehead atoms. The van der Waals surface area contributed by atoms with Gasteiger partial charge in [0, 0.05) is 30.9 Å². The van der Waals surface area contributed by atoms with E-state index in [4.69, 9.17) is 25.4 Å². The first-order chi connectivity index (χ1) is 15.5. The Morgan fingerprint density at radius 3 is 2.50 bits per heavy atom. The number of carbonyl (C=O) groups excluding carboxylic acids is 1. The molecule has 1 unspecified atom stereocenters. The second-order valence-electron chi connectivity index (χ2n) is 7.55. The number of ether oxygens (including phenoxy) is 3. The highest BCUT2D eigenvalue weighted by Crippen LogP contribution is 2.27. The Hall–Kier alpha value is -3.10. The smallest absolute Gasteiger partial charge is 0.333 e. The third-order valence-electron chi connectivity index (χ3n) is 5.17. The van der Waals surface area contributed by atoms with Gasteiger partial charge in [0.2, 0.25) is 0 Å². The zero-order valence-electron chi connectivity index (χ0n) is 18.7. The number of rotatable bonds is 10. The standard InChI is InChI=1S/C24H32N4O4/c1-3-31-21-14-17(16-28-9-11-30-12-10-28)13-19(15-21)22(24(29)32-4-2)27-20-7-5-18(6-8-20)23(25)26/h5-8,13-15,22,27H,3-4,9-12,16H2,1-2H3,(H3,25,26). The Morgan fingerprint density at radius 1 is 1.16 bits per heavy atom. The van der Waals surface area contributed by atoms with Crippen molar-refractivity contribution in [2.24, 2.45) is 5.73 Å². The van der Waals surface area contributed by atoms with Crippen molar-refractivity contribution in [1.82, 2.24) is 4.90 Å². The van der Waals surface area contributed by atoms with Crippen LogP contribution < -0.4 is 15.8 Å². The molecular weight excluding hydrogens is 408 g/mol. The first kappa shape index (κ1) is 23.6. The van der Waals surface area contributed by atoms with Crippen molar-refractivity contribution >= 4 is 17.5 Å². The largest absolute Gasteiger partial charge is 0.494 e. The van der Waals surface area contributed by atoms with E-state index in [0.29, 0.717) is 12.2 Å². The molecule has 0 saturated carbocycles. The third kappa shape index (κ3) is 6.45. The highest BCUT2D eigenvalue weighted by Gasteiger charge is 2.24. The van der Waals surface area contributed by atoms with Gasteiger partial charge in [-0.05, 0) is 61.4 Å². The van der Waals surface area contributed by atoms with Gasteiger partial charge < -0.3 is 25.3 Å². The summed E-state index contributed by atoms with van der Waals surface area (Å²) in [6, 6.07) is 12.3. The van der Waals surface area contributed by atoms with E-state index in [9.17, 15) is 4.79 Å². The number of nitrogens with zero attached hydrogens (tertiary/aromatic N) is 1. The van der Waals surface area contributed by atoms with Crippen LogP contribution in [0.5, 0.6) is 5.75 Å². The van der Waals surface area contributed by atoms with Crippen molar-refractivity contribution in [1.29, 1.82) is 5.41 Å². The fourth-order valence-corrected chi connectivity index (χ4v) is 3.63. The van der Waals surface area contributed by atoms with Crippen LogP contribution in [0.25, 0.3) is 0 Å². The molecule has 32 heavy (non-hydrogen) atoms. The lowest BCUT2D eigenvalue weighted by molar-refractivity contribution is -0.144. The minimum atomic E-state index is -0.707. The zero-order chi connectivity index (χ0) is 22.9. The van der Waals surface area contributed by atoms with Gasteiger partial charge in [-0.1, -0.05) is 6.07 Å². The molecule has 8 heteroatoms. The number of nitrogen functional groups attached to an aromatic ring is 1. The Morgan fingerprint density at radius 2 is 1.88 bits per heavy atom. The van der Waals surface area contributed by atoms with E-state index in [2.05, 4.69) is 10.2 Å². The summed E-state index contributed by atoms with van der Waals surface area (Å²) in [5.74, 6) is 0.348. The SMILES string of the molecule is CCOC(=O)C(Nc1ccc(C(=N)N)cc1)c1cc(CN2CCOCC2)cc(OCC)c1. The Labute approximate surface area is 189 Å². The molecule has 1 heterocycles. The summed E-state index contributed by atoms with van der Waals surface area (Å²) in [5.41, 5.74) is 8.73. The zero-order valence-corrected chi connectivity index (χ0v) is 18.7. The van der Waals surface area contributed by atoms with E-state index in [1.165, 1.54) is 0 Å². The minimum absolute atomic E-state index is 0.00402. The average Bonchev–Trinajstić information content (AvgIpc) is 2.78. The van der Waals surface area contributed by atoms with Crippen LogP contribution in [0, 0.1) is 5.41 Å². The molecule has 0 aliphatic carbocycles. The predicted molar refractivity (Wildman–Crippen MR) is 124 cm³/mol. The fraction of sp³-hybridized carbons (Fsp3) is 0.417. The Kier molecular flexibility index (Phi) is 8.47. The topological polar surface area (TPSA) is 110 Å². The Bertz CT molecular complexity index is 911. The monoisotopic (exact) mass is 440 g/mol. The molecule has 3 rings (SSSR count). The summed E-state index contributed by atoms with van der Waals surface area (Å²) in [5, 5.41) is 10.8. The van der Waals surface area contributed by atoms with Gasteiger partial charge in [-0.3, -0.25) is 10.3 Å². The summed E-state index contributed by atoms with van der Waals surface area (Å²) < 4.78 is 16.6. The maximum Gasteiger partial charge on any atom is 0.333 e. The van der Waals surface area contributed by atoms with Gasteiger partial charge in [0.1, 0.15) is 11.6 Å². The molecule has 172 valence electrons. The minimum Gasteiger partial charge on any atom is -0.494 e. The average molecular weight is 441 g/mol. The molecule has 4 N–H and O–H groups in total. The number of hydrogen-bond acceptors (Lipinski definition) is 7. The fourth-order valence-electron chi connectivity index (χ4n) is 3.63. The van der Waals surface area contributed by atoms with Gasteiger partial charge in [0.15, 0.2) is 6.04 Å². The van der Waals surface area contributed by atoms with Crippen LogP contribution in [0.15, 0.2) is 42.5 Å². The van der Waals surface area contributed by atoms with Crippen LogP contribution in [0.1, 0.15) is 36.6 Å². The van der Waals surface area contributed by atoms with Gasteiger partial charge in [-0.25, -0.2) is 4.79 Å². The number of nitrogens with two attached hydrogens (primary N) is 1. The maximum atomic E-state index is 12.9. The normalized spacial score (nSPS) is 15.1. The summed E-state index contributed by atoms with van der Waals surface area (Å²) >= 11 is 0. The summed E-state index contributed by atoms with van der Waals surface area (Å²) in [6.45, 7) is 8.48. The van der Waals surface area contributed by atoms with Crippen LogP contribution in [0.3, 0.4) is 0 Å². The molecule has 0 radical (unpaired) electrons. The van der Waals surface area contributed by atoms with Crippen molar-refractivity contribution in [3.8, 4) is 5.75 Å². The van der Waals surface area contributed by atoms with Crippen molar-refractivity contribution in [2.45, 2.75) is 26.4 Å². The summed E-state index contributed by atoms with van der Waals surface area (Å²) in [4.78, 5) is 15.2. The first-order valence-corrected chi connectivity index (χ1v) is 10.9. The first-order valence-electron chi connectivity index (χ1n) is 10.9. The van der Waals surface area contributed by atoms with Crippen molar-refractivity contribution in [3.05, 3.63) is 59.2 Å². The van der Waals surface area contributed by atoms with Gasteiger partial charge in [0.25, 0.3) is 0 Å². The van der Waals surface area contributed by atoms with Crippen LogP contribution in [-0.2, 0) is 20.8 Å². The van der Waals surface area contributed by atoms with Crippen LogP contribution in [0.4, 0.5) is 5.69 Å². The van der Waals surface area contributed by atoms with Gasteiger partial charge in [-0.2, -0.15) is 0 Å².